The summed E-state index contributed by atoms with van der Waals surface area (Å²) < 4.78 is 0. The highest BCUT2D eigenvalue weighted by atomic mass is 15.3. The van der Waals surface area contributed by atoms with E-state index in [1.54, 1.807) is 0 Å². The van der Waals surface area contributed by atoms with Crippen molar-refractivity contribution >= 4 is 11.6 Å². The molecule has 0 amide bonds. The third-order valence-corrected chi connectivity index (χ3v) is 3.47. The first-order chi connectivity index (χ1) is 7.97. The van der Waals surface area contributed by atoms with Gasteiger partial charge in [-0.05, 0) is 18.8 Å². The molecular weight excluding hydrogens is 214 g/mol. The Hall–Kier alpha value is -1.36. The predicted octanol–water partition coefficient (Wildman–Crippen LogP) is 1.84. The number of aromatic nitrogens is 2. The molecule has 1 heterocycles. The van der Waals surface area contributed by atoms with Gasteiger partial charge in [-0.1, -0.05) is 20.8 Å². The number of nitrogens with two attached hydrogens (primary N) is 1. The maximum Gasteiger partial charge on any atom is 0.148 e. The van der Waals surface area contributed by atoms with Gasteiger partial charge >= 0.3 is 0 Å². The van der Waals surface area contributed by atoms with Crippen molar-refractivity contribution in [2.45, 2.75) is 46.6 Å². The molecule has 5 nitrogen and oxygen atoms in total. The second-order valence-corrected chi connectivity index (χ2v) is 5.35. The van der Waals surface area contributed by atoms with Gasteiger partial charge in [0.15, 0.2) is 0 Å². The van der Waals surface area contributed by atoms with E-state index in [1.165, 1.54) is 6.42 Å². The summed E-state index contributed by atoms with van der Waals surface area (Å²) in [6.45, 7) is 8.52. The Balaban J connectivity index is 2.26. The van der Waals surface area contributed by atoms with Crippen molar-refractivity contribution in [1.82, 2.24) is 9.97 Å². The van der Waals surface area contributed by atoms with Gasteiger partial charge in [0, 0.05) is 18.0 Å². The molecule has 5 heteroatoms. The number of hydrazine groups is 1. The van der Waals surface area contributed by atoms with Crippen LogP contribution in [0.1, 0.15) is 38.6 Å². The standard InChI is InChI=1S/C12H21N5/c1-5-9-15-10(7(2)11(16-9)17-13)14-8-6-12(8,3)4/h8H,5-6,13H2,1-4H3,(H2,14,15,16,17). The van der Waals surface area contributed by atoms with E-state index in [0.29, 0.717) is 17.3 Å². The van der Waals surface area contributed by atoms with E-state index in [4.69, 9.17) is 5.84 Å². The van der Waals surface area contributed by atoms with E-state index in [0.717, 1.165) is 23.6 Å². The Labute approximate surface area is 102 Å². The van der Waals surface area contributed by atoms with Crippen LogP contribution in [-0.4, -0.2) is 16.0 Å². The first kappa shape index (κ1) is 12.1. The first-order valence-electron chi connectivity index (χ1n) is 6.08. The molecule has 1 unspecified atom stereocenters. The Bertz CT molecular complexity index is 427. The summed E-state index contributed by atoms with van der Waals surface area (Å²) in [5, 5.41) is 3.48. The van der Waals surface area contributed by atoms with Gasteiger partial charge in [-0.15, -0.1) is 0 Å². The smallest absolute Gasteiger partial charge is 0.148 e. The van der Waals surface area contributed by atoms with Crippen LogP contribution in [0, 0.1) is 12.3 Å². The van der Waals surface area contributed by atoms with E-state index < -0.39 is 0 Å². The van der Waals surface area contributed by atoms with Crippen LogP contribution >= 0.6 is 0 Å². The first-order valence-corrected chi connectivity index (χ1v) is 6.08. The molecular formula is C12H21N5. The van der Waals surface area contributed by atoms with Crippen LogP contribution in [0.15, 0.2) is 0 Å². The lowest BCUT2D eigenvalue weighted by molar-refractivity contribution is 0.629. The summed E-state index contributed by atoms with van der Waals surface area (Å²) in [6, 6.07) is 0.506. The minimum atomic E-state index is 0.375. The molecule has 1 aromatic heterocycles. The molecule has 0 radical (unpaired) electrons. The average Bonchev–Trinajstić information content (AvgIpc) is 2.89. The number of nitrogens with zero attached hydrogens (tertiary/aromatic N) is 2. The molecule has 0 bridgehead atoms. The number of anilines is 2. The molecule has 17 heavy (non-hydrogen) atoms. The van der Waals surface area contributed by atoms with Crippen LogP contribution in [0.25, 0.3) is 0 Å². The molecule has 0 aromatic carbocycles. The Morgan fingerprint density at radius 2 is 1.94 bits per heavy atom. The number of hydrogen-bond acceptors (Lipinski definition) is 5. The monoisotopic (exact) mass is 235 g/mol. The van der Waals surface area contributed by atoms with Crippen molar-refractivity contribution in [2.75, 3.05) is 10.7 Å². The number of nitrogen functional groups attached to an aromatic ring is 1. The SMILES string of the molecule is CCc1nc(NN)c(C)c(NC2CC2(C)C)n1. The molecule has 0 aliphatic heterocycles. The van der Waals surface area contributed by atoms with Gasteiger partial charge in [0.2, 0.25) is 0 Å². The van der Waals surface area contributed by atoms with Gasteiger partial charge < -0.3 is 10.7 Å². The van der Waals surface area contributed by atoms with Crippen LogP contribution in [0.2, 0.25) is 0 Å². The Kier molecular flexibility index (Phi) is 2.95. The number of rotatable bonds is 4. The van der Waals surface area contributed by atoms with Crippen molar-refractivity contribution in [3.8, 4) is 0 Å². The zero-order valence-corrected chi connectivity index (χ0v) is 11.0. The van der Waals surface area contributed by atoms with Crippen LogP contribution in [-0.2, 0) is 6.42 Å². The lowest BCUT2D eigenvalue weighted by Gasteiger charge is -2.14. The van der Waals surface area contributed by atoms with Crippen molar-refractivity contribution in [3.05, 3.63) is 11.4 Å². The molecule has 1 atom stereocenters. The third-order valence-electron chi connectivity index (χ3n) is 3.47. The molecule has 1 fully saturated rings. The fraction of sp³-hybridized carbons (Fsp3) is 0.667. The summed E-state index contributed by atoms with van der Waals surface area (Å²) in [7, 11) is 0. The van der Waals surface area contributed by atoms with Crippen LogP contribution in [0.3, 0.4) is 0 Å². The Morgan fingerprint density at radius 1 is 1.35 bits per heavy atom. The van der Waals surface area contributed by atoms with Gasteiger partial charge in [0.1, 0.15) is 17.5 Å². The summed E-state index contributed by atoms with van der Waals surface area (Å²) >= 11 is 0. The van der Waals surface area contributed by atoms with E-state index >= 15 is 0 Å². The summed E-state index contributed by atoms with van der Waals surface area (Å²) in [5.41, 5.74) is 3.99. The third kappa shape index (κ3) is 2.34. The number of nitrogens with one attached hydrogen (secondary N) is 2. The second kappa shape index (κ2) is 4.14. The summed E-state index contributed by atoms with van der Waals surface area (Å²) in [5.74, 6) is 7.89. The van der Waals surface area contributed by atoms with E-state index in [9.17, 15) is 0 Å². The van der Waals surface area contributed by atoms with E-state index in [1.807, 2.05) is 13.8 Å². The fourth-order valence-electron chi connectivity index (χ4n) is 1.88. The van der Waals surface area contributed by atoms with Crippen molar-refractivity contribution in [1.29, 1.82) is 0 Å². The maximum absolute atomic E-state index is 5.47. The highest BCUT2D eigenvalue weighted by Gasteiger charge is 2.46. The van der Waals surface area contributed by atoms with Crippen molar-refractivity contribution in [3.63, 3.8) is 0 Å². The maximum atomic E-state index is 5.47. The molecule has 1 aliphatic carbocycles. The van der Waals surface area contributed by atoms with Crippen LogP contribution in [0.5, 0.6) is 0 Å². The van der Waals surface area contributed by atoms with Gasteiger partial charge in [-0.25, -0.2) is 15.8 Å². The minimum Gasteiger partial charge on any atom is -0.366 e. The van der Waals surface area contributed by atoms with Gasteiger partial charge in [-0.2, -0.15) is 0 Å². The lowest BCUT2D eigenvalue weighted by Crippen LogP contribution is -2.17. The number of hydrogen-bond donors (Lipinski definition) is 3. The normalized spacial score (nSPS) is 21.1. The van der Waals surface area contributed by atoms with Crippen LogP contribution < -0.4 is 16.6 Å². The quantitative estimate of drug-likeness (QED) is 0.548. The van der Waals surface area contributed by atoms with E-state index in [2.05, 4.69) is 34.6 Å². The second-order valence-electron chi connectivity index (χ2n) is 5.35. The molecule has 4 N–H and O–H groups in total. The topological polar surface area (TPSA) is 75.9 Å². The largest absolute Gasteiger partial charge is 0.366 e. The van der Waals surface area contributed by atoms with Crippen molar-refractivity contribution < 1.29 is 0 Å². The van der Waals surface area contributed by atoms with Crippen molar-refractivity contribution in [2.24, 2.45) is 11.3 Å². The lowest BCUT2D eigenvalue weighted by atomic mass is 10.2. The van der Waals surface area contributed by atoms with E-state index in [-0.39, 0.29) is 0 Å². The molecule has 1 aromatic rings. The Morgan fingerprint density at radius 3 is 2.41 bits per heavy atom. The average molecular weight is 235 g/mol. The number of aryl methyl sites for hydroxylation is 1. The highest BCUT2D eigenvalue weighted by molar-refractivity contribution is 5.57. The zero-order chi connectivity index (χ0) is 12.6. The fourth-order valence-corrected chi connectivity index (χ4v) is 1.88. The molecule has 0 saturated heterocycles. The highest BCUT2D eigenvalue weighted by Crippen LogP contribution is 2.46. The zero-order valence-electron chi connectivity index (χ0n) is 11.0. The molecule has 1 aliphatic rings. The summed E-state index contributed by atoms with van der Waals surface area (Å²) in [4.78, 5) is 8.87. The molecule has 94 valence electrons. The molecule has 2 rings (SSSR count). The van der Waals surface area contributed by atoms with Gasteiger partial charge in [-0.3, -0.25) is 0 Å². The van der Waals surface area contributed by atoms with Crippen LogP contribution in [0.4, 0.5) is 11.6 Å². The molecule has 0 spiro atoms. The molecule has 1 saturated carbocycles. The predicted molar refractivity (Wildman–Crippen MR) is 69.8 cm³/mol. The summed E-state index contributed by atoms with van der Waals surface area (Å²) in [6.07, 6.45) is 1.99. The minimum absolute atomic E-state index is 0.375. The van der Waals surface area contributed by atoms with Gasteiger partial charge in [0.05, 0.1) is 0 Å². The van der Waals surface area contributed by atoms with Gasteiger partial charge in [0.25, 0.3) is 0 Å².